The third-order valence-electron chi connectivity index (χ3n) is 7.33. The summed E-state index contributed by atoms with van der Waals surface area (Å²) in [4.78, 5) is 63.1. The van der Waals surface area contributed by atoms with Gasteiger partial charge in [0.2, 0.25) is 5.91 Å². The van der Waals surface area contributed by atoms with Gasteiger partial charge in [-0.15, -0.1) is 0 Å². The number of nitrogen functional groups attached to an aromatic ring is 1. The molecule has 1 aliphatic rings. The van der Waals surface area contributed by atoms with E-state index < -0.39 is 60.9 Å². The summed E-state index contributed by atoms with van der Waals surface area (Å²) >= 11 is 0. The number of aliphatic carboxylic acids is 1. The van der Waals surface area contributed by atoms with Crippen molar-refractivity contribution < 1.29 is 43.6 Å². The number of hydrogen-bond acceptors (Lipinski definition) is 12. The van der Waals surface area contributed by atoms with Crippen molar-refractivity contribution in [1.82, 2.24) is 35.5 Å². The second-order valence-electron chi connectivity index (χ2n) is 10.5. The third kappa shape index (κ3) is 7.71. The Labute approximate surface area is 267 Å². The van der Waals surface area contributed by atoms with Gasteiger partial charge < -0.3 is 46.1 Å². The number of anilines is 1. The van der Waals surface area contributed by atoms with Gasteiger partial charge in [0.1, 0.15) is 42.9 Å². The molecule has 4 aromatic rings. The van der Waals surface area contributed by atoms with Crippen molar-refractivity contribution in [2.24, 2.45) is 0 Å². The predicted octanol–water partition coefficient (Wildman–Crippen LogP) is -0.101. The smallest absolute Gasteiger partial charge is 0.408 e. The largest absolute Gasteiger partial charge is 0.497 e. The molecule has 0 saturated carbocycles. The molecule has 1 saturated heterocycles. The number of carboxylic acids is 1. The maximum absolute atomic E-state index is 13.8. The molecule has 1 aliphatic heterocycles. The molecule has 0 radical (unpaired) electrons. The molecule has 3 amide bonds. The average molecular weight is 649 g/mol. The van der Waals surface area contributed by atoms with E-state index in [0.717, 1.165) is 5.56 Å². The summed E-state index contributed by atoms with van der Waals surface area (Å²) in [7, 11) is 1.51. The minimum absolute atomic E-state index is 0.0123. The molecule has 17 heteroatoms. The number of carboxylic acid groups (broad SMARTS) is 1. The average Bonchev–Trinajstić information content (AvgIpc) is 3.64. The highest BCUT2D eigenvalue weighted by Crippen LogP contribution is 2.32. The first-order chi connectivity index (χ1) is 22.6. The zero-order valence-corrected chi connectivity index (χ0v) is 25.0. The summed E-state index contributed by atoms with van der Waals surface area (Å²) in [6, 6.07) is 13.1. The van der Waals surface area contributed by atoms with Gasteiger partial charge in [-0.1, -0.05) is 42.5 Å². The molecule has 0 bridgehead atoms. The highest BCUT2D eigenvalue weighted by Gasteiger charge is 2.50. The van der Waals surface area contributed by atoms with Crippen LogP contribution in [0.15, 0.2) is 67.3 Å². The number of nitrogens with one attached hydrogen (secondary N) is 3. The van der Waals surface area contributed by atoms with Gasteiger partial charge in [0.25, 0.3) is 5.91 Å². The topological polar surface area (TPSA) is 242 Å². The van der Waals surface area contributed by atoms with E-state index in [1.807, 2.05) is 6.07 Å². The maximum atomic E-state index is 13.8. The van der Waals surface area contributed by atoms with Crippen LogP contribution in [0.2, 0.25) is 0 Å². The van der Waals surface area contributed by atoms with Gasteiger partial charge in [0.05, 0.1) is 19.5 Å². The molecule has 2 aromatic carbocycles. The summed E-state index contributed by atoms with van der Waals surface area (Å²) < 4.78 is 17.7. The first-order valence-electron chi connectivity index (χ1n) is 14.3. The zero-order valence-electron chi connectivity index (χ0n) is 25.0. The molecule has 246 valence electrons. The number of aromatic nitrogens is 4. The van der Waals surface area contributed by atoms with Gasteiger partial charge in [-0.2, -0.15) is 0 Å². The monoisotopic (exact) mass is 648 g/mol. The van der Waals surface area contributed by atoms with E-state index in [2.05, 4.69) is 30.9 Å². The molecule has 7 N–H and O–H groups in total. The van der Waals surface area contributed by atoms with Gasteiger partial charge in [-0.25, -0.2) is 19.7 Å². The number of alkyl carbamates (subject to hydrolysis) is 1. The lowest BCUT2D eigenvalue weighted by Crippen LogP contribution is -2.57. The van der Waals surface area contributed by atoms with Crippen molar-refractivity contribution in [2.45, 2.75) is 43.5 Å². The summed E-state index contributed by atoms with van der Waals surface area (Å²) in [6.07, 6.45) is -2.91. The highest BCUT2D eigenvalue weighted by molar-refractivity contribution is 5.89. The molecule has 17 nitrogen and oxygen atoms in total. The molecule has 1 fully saturated rings. The Morgan fingerprint density at radius 1 is 1.04 bits per heavy atom. The van der Waals surface area contributed by atoms with Crippen molar-refractivity contribution >= 4 is 40.9 Å². The molecular weight excluding hydrogens is 616 g/mol. The van der Waals surface area contributed by atoms with Crippen molar-refractivity contribution in [3.05, 3.63) is 78.4 Å². The van der Waals surface area contributed by atoms with E-state index in [1.54, 1.807) is 48.5 Å². The van der Waals surface area contributed by atoms with Crippen molar-refractivity contribution in [1.29, 1.82) is 0 Å². The number of ether oxygens (including phenoxy) is 3. The number of methoxy groups -OCH3 is 1. The maximum Gasteiger partial charge on any atom is 0.408 e. The lowest BCUT2D eigenvalue weighted by Gasteiger charge is -2.25. The summed E-state index contributed by atoms with van der Waals surface area (Å²) in [6.45, 7) is -0.800. The van der Waals surface area contributed by atoms with Gasteiger partial charge in [-0.3, -0.25) is 19.0 Å². The minimum atomic E-state index is -1.58. The molecular formula is C30H32N8O9. The minimum Gasteiger partial charge on any atom is -0.497 e. The van der Waals surface area contributed by atoms with Crippen LogP contribution in [0.5, 0.6) is 5.75 Å². The van der Waals surface area contributed by atoms with E-state index in [1.165, 1.54) is 24.3 Å². The van der Waals surface area contributed by atoms with Crippen LogP contribution in [0.4, 0.5) is 10.6 Å². The SMILES string of the molecule is COc1ccc(C[C@H](NC(=O)OCc2ccccc2)C(=O)N[C@H]2[C@@H](O)[C@H](n3cnc4c(N)ncnc43)O[C@@H]2C(=O)NCC(=O)O)cc1. The molecule has 47 heavy (non-hydrogen) atoms. The van der Waals surface area contributed by atoms with Crippen LogP contribution in [0, 0.1) is 0 Å². The van der Waals surface area contributed by atoms with Crippen LogP contribution in [0.1, 0.15) is 17.4 Å². The van der Waals surface area contributed by atoms with Gasteiger partial charge in [0, 0.05) is 6.42 Å². The van der Waals surface area contributed by atoms with Crippen LogP contribution < -0.4 is 26.4 Å². The van der Waals surface area contributed by atoms with Crippen molar-refractivity contribution in [2.75, 3.05) is 19.4 Å². The lowest BCUT2D eigenvalue weighted by molar-refractivity contribution is -0.142. The number of carbonyl (C=O) groups is 4. The number of carbonyl (C=O) groups excluding carboxylic acids is 3. The van der Waals surface area contributed by atoms with E-state index in [0.29, 0.717) is 11.3 Å². The number of imidazole rings is 1. The van der Waals surface area contributed by atoms with Crippen LogP contribution >= 0.6 is 0 Å². The Balaban J connectivity index is 1.39. The Morgan fingerprint density at radius 3 is 2.49 bits per heavy atom. The number of nitrogens with two attached hydrogens (primary N) is 1. The van der Waals surface area contributed by atoms with Gasteiger partial charge in [0.15, 0.2) is 23.8 Å². The Morgan fingerprint density at radius 2 is 1.79 bits per heavy atom. The third-order valence-corrected chi connectivity index (χ3v) is 7.33. The van der Waals surface area contributed by atoms with Gasteiger partial charge in [-0.05, 0) is 23.3 Å². The molecule has 0 aliphatic carbocycles. The molecule has 5 rings (SSSR count). The standard InChI is InChI=1S/C30H32N8O9/c1-45-18-9-7-16(8-10-18)11-19(36-30(44)46-13-17-5-3-2-4-6-17)27(42)37-21-23(41)29(47-24(21)28(43)32-12-20(39)40)38-15-35-22-25(31)33-14-34-26(22)38/h2-10,14-15,19,21,23-24,29,41H,11-13H2,1H3,(H,32,43)(H,36,44)(H,37,42)(H,39,40)(H2,31,33,34)/t19-,21-,23+,24-,29+/m0/s1. The van der Waals surface area contributed by atoms with E-state index in [9.17, 15) is 24.3 Å². The first-order valence-corrected chi connectivity index (χ1v) is 14.3. The molecule has 3 heterocycles. The van der Waals surface area contributed by atoms with Crippen LogP contribution in [0.25, 0.3) is 11.2 Å². The number of benzene rings is 2. The second-order valence-corrected chi connectivity index (χ2v) is 10.5. The summed E-state index contributed by atoms with van der Waals surface area (Å²) in [5.74, 6) is -2.38. The number of aliphatic hydroxyl groups excluding tert-OH is 1. The fourth-order valence-electron chi connectivity index (χ4n) is 4.99. The Hall–Kier alpha value is -5.81. The molecule has 0 unspecified atom stereocenters. The number of fused-ring (bicyclic) bond motifs is 1. The van der Waals surface area contributed by atoms with Gasteiger partial charge >= 0.3 is 12.1 Å². The second kappa shape index (κ2) is 14.5. The van der Waals surface area contributed by atoms with E-state index in [-0.39, 0.29) is 30.0 Å². The van der Waals surface area contributed by atoms with Crippen molar-refractivity contribution in [3.63, 3.8) is 0 Å². The predicted molar refractivity (Wildman–Crippen MR) is 162 cm³/mol. The highest BCUT2D eigenvalue weighted by atomic mass is 16.6. The van der Waals surface area contributed by atoms with E-state index >= 15 is 0 Å². The molecule has 5 atom stereocenters. The number of hydrogen-bond donors (Lipinski definition) is 6. The zero-order chi connectivity index (χ0) is 33.5. The van der Waals surface area contributed by atoms with Crippen LogP contribution in [0.3, 0.4) is 0 Å². The molecule has 0 spiro atoms. The number of nitrogens with zero attached hydrogens (tertiary/aromatic N) is 4. The Bertz CT molecular complexity index is 1730. The summed E-state index contributed by atoms with van der Waals surface area (Å²) in [5, 5.41) is 27.9. The van der Waals surface area contributed by atoms with Crippen LogP contribution in [-0.2, 0) is 36.9 Å². The number of rotatable bonds is 12. The fraction of sp³-hybridized carbons (Fsp3) is 0.300. The fourth-order valence-corrected chi connectivity index (χ4v) is 4.99. The quantitative estimate of drug-likeness (QED) is 0.118. The number of amides is 3. The number of aliphatic hydroxyl groups is 1. The Kier molecular flexibility index (Phi) is 10.1. The lowest BCUT2D eigenvalue weighted by atomic mass is 10.0. The normalized spacial score (nSPS) is 19.4. The van der Waals surface area contributed by atoms with E-state index in [4.69, 9.17) is 25.1 Å². The summed E-state index contributed by atoms with van der Waals surface area (Å²) in [5.41, 5.74) is 7.65. The van der Waals surface area contributed by atoms with Crippen molar-refractivity contribution in [3.8, 4) is 5.75 Å². The first kappa shape index (κ1) is 32.6. The molecule has 2 aromatic heterocycles. The van der Waals surface area contributed by atoms with Crippen LogP contribution in [-0.4, -0.2) is 91.6 Å².